The van der Waals surface area contributed by atoms with Crippen molar-refractivity contribution in [2.45, 2.75) is 57.8 Å². The molecule has 0 aromatic heterocycles. The van der Waals surface area contributed by atoms with Crippen molar-refractivity contribution in [2.24, 2.45) is 5.41 Å². The number of rotatable bonds is 3. The predicted molar refractivity (Wildman–Crippen MR) is 61.2 cm³/mol. The zero-order valence-corrected chi connectivity index (χ0v) is 10.6. The Bertz CT molecular complexity index is 273. The lowest BCUT2D eigenvalue weighted by Gasteiger charge is -2.46. The summed E-state index contributed by atoms with van der Waals surface area (Å²) in [4.78, 5) is 11.4. The Morgan fingerprint density at radius 3 is 2.18 bits per heavy atom. The number of hydrogen-bond donors (Lipinski definition) is 3. The molecule has 2 unspecified atom stereocenters. The Kier molecular flexibility index (Phi) is 4.17. The SMILES string of the molecule is CCOC(=O)CC1(O)C(O)CC(C)(C)CC1O. The van der Waals surface area contributed by atoms with Gasteiger partial charge in [-0.3, -0.25) is 4.79 Å². The largest absolute Gasteiger partial charge is 0.466 e. The summed E-state index contributed by atoms with van der Waals surface area (Å²) < 4.78 is 4.74. The minimum Gasteiger partial charge on any atom is -0.466 e. The number of carbonyl (C=O) groups excluding carboxylic acids is 1. The van der Waals surface area contributed by atoms with Gasteiger partial charge in [0.1, 0.15) is 5.60 Å². The molecule has 0 radical (unpaired) electrons. The van der Waals surface area contributed by atoms with Crippen LogP contribution in [-0.4, -0.2) is 45.7 Å². The molecule has 2 atom stereocenters. The fourth-order valence-electron chi connectivity index (χ4n) is 2.38. The fourth-order valence-corrected chi connectivity index (χ4v) is 2.38. The van der Waals surface area contributed by atoms with Gasteiger partial charge in [0.2, 0.25) is 0 Å². The van der Waals surface area contributed by atoms with E-state index in [4.69, 9.17) is 4.74 Å². The van der Waals surface area contributed by atoms with E-state index in [-0.39, 0.29) is 18.4 Å². The average molecular weight is 246 g/mol. The van der Waals surface area contributed by atoms with Crippen molar-refractivity contribution in [3.8, 4) is 0 Å². The molecular weight excluding hydrogens is 224 g/mol. The van der Waals surface area contributed by atoms with Crippen molar-refractivity contribution < 1.29 is 24.9 Å². The molecule has 0 aromatic rings. The van der Waals surface area contributed by atoms with Gasteiger partial charge >= 0.3 is 5.97 Å². The van der Waals surface area contributed by atoms with Crippen LogP contribution in [0.5, 0.6) is 0 Å². The molecule has 0 amide bonds. The van der Waals surface area contributed by atoms with Gasteiger partial charge in [-0.25, -0.2) is 0 Å². The number of ether oxygens (including phenoxy) is 1. The minimum absolute atomic E-state index is 0.215. The zero-order chi connectivity index (χ0) is 13.3. The zero-order valence-electron chi connectivity index (χ0n) is 10.6. The fraction of sp³-hybridized carbons (Fsp3) is 0.917. The maximum absolute atomic E-state index is 11.4. The molecular formula is C12H22O5. The molecule has 17 heavy (non-hydrogen) atoms. The first-order valence-corrected chi connectivity index (χ1v) is 5.95. The highest BCUT2D eigenvalue weighted by atomic mass is 16.5. The Morgan fingerprint density at radius 1 is 1.29 bits per heavy atom. The monoisotopic (exact) mass is 246 g/mol. The van der Waals surface area contributed by atoms with E-state index >= 15 is 0 Å². The first-order chi connectivity index (χ1) is 7.71. The van der Waals surface area contributed by atoms with E-state index in [1.54, 1.807) is 6.92 Å². The summed E-state index contributed by atoms with van der Waals surface area (Å²) in [6.45, 7) is 5.69. The van der Waals surface area contributed by atoms with Crippen molar-refractivity contribution >= 4 is 5.97 Å². The first kappa shape index (κ1) is 14.4. The molecule has 100 valence electrons. The Labute approximate surface area is 101 Å². The third kappa shape index (κ3) is 3.18. The van der Waals surface area contributed by atoms with E-state index < -0.39 is 23.8 Å². The topological polar surface area (TPSA) is 87.0 Å². The number of carbonyl (C=O) groups is 1. The maximum Gasteiger partial charge on any atom is 0.308 e. The highest BCUT2D eigenvalue weighted by Crippen LogP contribution is 2.42. The molecule has 1 aliphatic carbocycles. The molecule has 0 bridgehead atoms. The van der Waals surface area contributed by atoms with E-state index in [2.05, 4.69) is 0 Å². The van der Waals surface area contributed by atoms with Crippen molar-refractivity contribution in [3.63, 3.8) is 0 Å². The molecule has 5 heteroatoms. The number of hydrogen-bond acceptors (Lipinski definition) is 5. The summed E-state index contributed by atoms with van der Waals surface area (Å²) in [5.41, 5.74) is -2.04. The highest BCUT2D eigenvalue weighted by molar-refractivity contribution is 5.71. The van der Waals surface area contributed by atoms with Gasteiger partial charge in [-0.05, 0) is 25.2 Å². The second-order valence-electron chi connectivity index (χ2n) is 5.58. The normalized spacial score (nSPS) is 36.6. The van der Waals surface area contributed by atoms with Gasteiger partial charge in [-0.2, -0.15) is 0 Å². The van der Waals surface area contributed by atoms with Gasteiger partial charge < -0.3 is 20.1 Å². The van der Waals surface area contributed by atoms with Crippen LogP contribution >= 0.6 is 0 Å². The molecule has 0 spiro atoms. The van der Waals surface area contributed by atoms with Crippen LogP contribution in [0.4, 0.5) is 0 Å². The molecule has 1 rings (SSSR count). The second-order valence-corrected chi connectivity index (χ2v) is 5.58. The molecule has 1 fully saturated rings. The Hall–Kier alpha value is -0.650. The highest BCUT2D eigenvalue weighted by Gasteiger charge is 2.51. The Balaban J connectivity index is 2.77. The van der Waals surface area contributed by atoms with Crippen LogP contribution in [0.25, 0.3) is 0 Å². The van der Waals surface area contributed by atoms with Crippen molar-refractivity contribution in [3.05, 3.63) is 0 Å². The summed E-state index contributed by atoms with van der Waals surface area (Å²) in [6.07, 6.45) is -1.92. The minimum atomic E-state index is -1.79. The summed E-state index contributed by atoms with van der Waals surface area (Å²) in [6, 6.07) is 0. The quantitative estimate of drug-likeness (QED) is 0.620. The molecule has 0 aromatic carbocycles. The van der Waals surface area contributed by atoms with Crippen molar-refractivity contribution in [2.75, 3.05) is 6.61 Å². The van der Waals surface area contributed by atoms with E-state index in [0.29, 0.717) is 12.8 Å². The van der Waals surface area contributed by atoms with Crippen LogP contribution in [0.3, 0.4) is 0 Å². The van der Waals surface area contributed by atoms with E-state index in [9.17, 15) is 20.1 Å². The second kappa shape index (κ2) is 4.92. The van der Waals surface area contributed by atoms with Crippen LogP contribution in [0, 0.1) is 5.41 Å². The third-order valence-corrected chi connectivity index (χ3v) is 3.38. The van der Waals surface area contributed by atoms with Gasteiger partial charge in [-0.15, -0.1) is 0 Å². The van der Waals surface area contributed by atoms with Crippen molar-refractivity contribution in [1.29, 1.82) is 0 Å². The van der Waals surface area contributed by atoms with Crippen LogP contribution in [-0.2, 0) is 9.53 Å². The van der Waals surface area contributed by atoms with E-state index in [1.165, 1.54) is 0 Å². The van der Waals surface area contributed by atoms with Crippen LogP contribution in [0.15, 0.2) is 0 Å². The lowest BCUT2D eigenvalue weighted by molar-refractivity contribution is -0.201. The molecule has 0 aliphatic heterocycles. The van der Waals surface area contributed by atoms with Crippen LogP contribution in [0.2, 0.25) is 0 Å². The lowest BCUT2D eigenvalue weighted by atomic mass is 9.66. The van der Waals surface area contributed by atoms with Gasteiger partial charge in [-0.1, -0.05) is 13.8 Å². The van der Waals surface area contributed by atoms with Gasteiger partial charge in [0, 0.05) is 0 Å². The molecule has 3 N–H and O–H groups in total. The lowest BCUT2D eigenvalue weighted by Crippen LogP contribution is -2.59. The average Bonchev–Trinajstić information content (AvgIpc) is 2.13. The first-order valence-electron chi connectivity index (χ1n) is 5.95. The van der Waals surface area contributed by atoms with Crippen LogP contribution in [0.1, 0.15) is 40.0 Å². The summed E-state index contributed by atoms with van der Waals surface area (Å²) in [7, 11) is 0. The third-order valence-electron chi connectivity index (χ3n) is 3.38. The van der Waals surface area contributed by atoms with Gasteiger partial charge in [0.15, 0.2) is 0 Å². The summed E-state index contributed by atoms with van der Waals surface area (Å²) in [5, 5.41) is 30.1. The standard InChI is InChI=1S/C12H22O5/c1-4-17-10(15)7-12(16)8(13)5-11(2,3)6-9(12)14/h8-9,13-14,16H,4-7H2,1-3H3. The maximum atomic E-state index is 11.4. The van der Waals surface area contributed by atoms with Crippen LogP contribution < -0.4 is 0 Å². The van der Waals surface area contributed by atoms with E-state index in [0.717, 1.165) is 0 Å². The molecule has 0 heterocycles. The number of aliphatic hydroxyl groups excluding tert-OH is 2. The molecule has 0 saturated heterocycles. The number of aliphatic hydroxyl groups is 3. The van der Waals surface area contributed by atoms with Crippen molar-refractivity contribution in [1.82, 2.24) is 0 Å². The molecule has 5 nitrogen and oxygen atoms in total. The number of esters is 1. The van der Waals surface area contributed by atoms with E-state index in [1.807, 2.05) is 13.8 Å². The summed E-state index contributed by atoms with van der Waals surface area (Å²) >= 11 is 0. The predicted octanol–water partition coefficient (Wildman–Crippen LogP) is 0.212. The summed E-state index contributed by atoms with van der Waals surface area (Å²) in [5.74, 6) is -0.604. The van der Waals surface area contributed by atoms with Gasteiger partial charge in [0.05, 0.1) is 25.2 Å². The van der Waals surface area contributed by atoms with Gasteiger partial charge in [0.25, 0.3) is 0 Å². The smallest absolute Gasteiger partial charge is 0.308 e. The molecule has 1 aliphatic rings. The Morgan fingerprint density at radius 2 is 1.76 bits per heavy atom. The molecule has 1 saturated carbocycles.